The van der Waals surface area contributed by atoms with Crippen molar-refractivity contribution in [1.29, 1.82) is 0 Å². The van der Waals surface area contributed by atoms with Gasteiger partial charge in [0.15, 0.2) is 5.78 Å². The average Bonchev–Trinajstić information content (AvgIpc) is 2.71. The Labute approximate surface area is 107 Å². The van der Waals surface area contributed by atoms with Gasteiger partial charge in [-0.1, -0.05) is 13.8 Å². The van der Waals surface area contributed by atoms with Gasteiger partial charge in [-0.05, 0) is 26.7 Å². The molecule has 0 radical (unpaired) electrons. The Morgan fingerprint density at radius 1 is 1.41 bits per heavy atom. The SMILES string of the molecule is CCOC(CC)(CC)C(=O)Cc1csc(C)n1. The van der Waals surface area contributed by atoms with E-state index in [4.69, 9.17) is 4.74 Å². The van der Waals surface area contributed by atoms with Crippen LogP contribution in [0.4, 0.5) is 0 Å². The van der Waals surface area contributed by atoms with Gasteiger partial charge in [-0.3, -0.25) is 4.79 Å². The Balaban J connectivity index is 2.78. The van der Waals surface area contributed by atoms with Gasteiger partial charge in [0.1, 0.15) is 5.60 Å². The summed E-state index contributed by atoms with van der Waals surface area (Å²) in [7, 11) is 0. The summed E-state index contributed by atoms with van der Waals surface area (Å²) in [5, 5.41) is 2.96. The maximum atomic E-state index is 12.3. The van der Waals surface area contributed by atoms with Crippen LogP contribution in [0.15, 0.2) is 5.38 Å². The molecule has 0 fully saturated rings. The third kappa shape index (κ3) is 3.36. The van der Waals surface area contributed by atoms with Gasteiger partial charge in [0, 0.05) is 12.0 Å². The number of thiazole rings is 1. The van der Waals surface area contributed by atoms with Gasteiger partial charge in [-0.25, -0.2) is 4.98 Å². The lowest BCUT2D eigenvalue weighted by molar-refractivity contribution is -0.144. The highest BCUT2D eigenvalue weighted by molar-refractivity contribution is 7.09. The Kier molecular flexibility index (Phi) is 5.28. The minimum absolute atomic E-state index is 0.148. The zero-order valence-corrected chi connectivity index (χ0v) is 11.9. The van der Waals surface area contributed by atoms with Gasteiger partial charge in [0.25, 0.3) is 0 Å². The Hall–Kier alpha value is -0.740. The van der Waals surface area contributed by atoms with Gasteiger partial charge >= 0.3 is 0 Å². The van der Waals surface area contributed by atoms with E-state index in [0.717, 1.165) is 23.5 Å². The molecule has 4 heteroatoms. The van der Waals surface area contributed by atoms with Crippen LogP contribution < -0.4 is 0 Å². The molecular formula is C13H21NO2S. The first-order valence-corrected chi connectivity index (χ1v) is 7.04. The fourth-order valence-corrected chi connectivity index (χ4v) is 2.63. The molecule has 17 heavy (non-hydrogen) atoms. The lowest BCUT2D eigenvalue weighted by Gasteiger charge is -2.29. The van der Waals surface area contributed by atoms with E-state index in [-0.39, 0.29) is 5.78 Å². The summed E-state index contributed by atoms with van der Waals surface area (Å²) in [6, 6.07) is 0. The number of rotatable bonds is 7. The Morgan fingerprint density at radius 3 is 2.47 bits per heavy atom. The van der Waals surface area contributed by atoms with Crippen LogP contribution in [0.5, 0.6) is 0 Å². The molecule has 0 aromatic carbocycles. The predicted molar refractivity (Wildman–Crippen MR) is 70.5 cm³/mol. The molecule has 3 nitrogen and oxygen atoms in total. The first-order chi connectivity index (χ1) is 8.07. The Morgan fingerprint density at radius 2 is 2.06 bits per heavy atom. The predicted octanol–water partition coefficient (Wildman–Crippen LogP) is 3.16. The zero-order valence-electron chi connectivity index (χ0n) is 11.1. The molecule has 0 amide bonds. The van der Waals surface area contributed by atoms with Crippen LogP contribution in [0.1, 0.15) is 44.3 Å². The number of hydrogen-bond acceptors (Lipinski definition) is 4. The maximum absolute atomic E-state index is 12.3. The standard InChI is InChI=1S/C13H21NO2S/c1-5-13(6-2,16-7-3)12(15)8-11-9-17-10(4)14-11/h9H,5-8H2,1-4H3. The quantitative estimate of drug-likeness (QED) is 0.751. The molecule has 0 unspecified atom stereocenters. The summed E-state index contributed by atoms with van der Waals surface area (Å²) >= 11 is 1.58. The van der Waals surface area contributed by atoms with Crippen LogP contribution in [0.25, 0.3) is 0 Å². The van der Waals surface area contributed by atoms with Gasteiger partial charge < -0.3 is 4.74 Å². The van der Waals surface area contributed by atoms with E-state index in [1.54, 1.807) is 11.3 Å². The van der Waals surface area contributed by atoms with Crippen molar-refractivity contribution in [2.75, 3.05) is 6.61 Å². The van der Waals surface area contributed by atoms with E-state index in [2.05, 4.69) is 4.98 Å². The molecule has 0 saturated carbocycles. The number of ether oxygens (including phenoxy) is 1. The third-order valence-electron chi connectivity index (χ3n) is 3.08. The summed E-state index contributed by atoms with van der Waals surface area (Å²) in [6.07, 6.45) is 1.82. The van der Waals surface area contributed by atoms with E-state index in [1.807, 2.05) is 33.1 Å². The molecular weight excluding hydrogens is 234 g/mol. The van der Waals surface area contributed by atoms with Crippen LogP contribution >= 0.6 is 11.3 Å². The molecule has 0 aliphatic carbocycles. The van der Waals surface area contributed by atoms with Gasteiger partial charge in [0.2, 0.25) is 0 Å². The summed E-state index contributed by atoms with van der Waals surface area (Å²) in [6.45, 7) is 8.46. The van der Waals surface area contributed by atoms with Crippen LogP contribution in [0, 0.1) is 6.92 Å². The average molecular weight is 255 g/mol. The molecule has 0 aliphatic heterocycles. The highest BCUT2D eigenvalue weighted by Gasteiger charge is 2.35. The first kappa shape index (κ1) is 14.3. The van der Waals surface area contributed by atoms with Crippen molar-refractivity contribution in [3.63, 3.8) is 0 Å². The molecule has 0 atom stereocenters. The van der Waals surface area contributed by atoms with E-state index in [0.29, 0.717) is 13.0 Å². The minimum atomic E-state index is -0.619. The maximum Gasteiger partial charge on any atom is 0.170 e. The van der Waals surface area contributed by atoms with Crippen LogP contribution in [-0.2, 0) is 16.0 Å². The van der Waals surface area contributed by atoms with Crippen molar-refractivity contribution in [2.45, 2.75) is 52.6 Å². The second kappa shape index (κ2) is 6.26. The van der Waals surface area contributed by atoms with Crippen LogP contribution in [0.2, 0.25) is 0 Å². The molecule has 1 rings (SSSR count). The van der Waals surface area contributed by atoms with Crippen molar-refractivity contribution in [2.24, 2.45) is 0 Å². The highest BCUT2D eigenvalue weighted by Crippen LogP contribution is 2.24. The molecule has 0 bridgehead atoms. The molecule has 0 aliphatic rings. The molecule has 0 saturated heterocycles. The largest absolute Gasteiger partial charge is 0.368 e. The number of hydrogen-bond donors (Lipinski definition) is 0. The molecule has 1 heterocycles. The monoisotopic (exact) mass is 255 g/mol. The van der Waals surface area contributed by atoms with Crippen LogP contribution in [0.3, 0.4) is 0 Å². The van der Waals surface area contributed by atoms with Gasteiger partial charge in [-0.15, -0.1) is 11.3 Å². The normalized spacial score (nSPS) is 11.8. The zero-order chi connectivity index (χ0) is 12.9. The van der Waals surface area contributed by atoms with Crippen molar-refractivity contribution in [1.82, 2.24) is 4.98 Å². The summed E-state index contributed by atoms with van der Waals surface area (Å²) in [5.74, 6) is 0.148. The van der Waals surface area contributed by atoms with E-state index >= 15 is 0 Å². The second-order valence-electron chi connectivity index (χ2n) is 4.09. The molecule has 96 valence electrons. The van der Waals surface area contributed by atoms with Gasteiger partial charge in [0.05, 0.1) is 17.1 Å². The summed E-state index contributed by atoms with van der Waals surface area (Å²) < 4.78 is 5.69. The van der Waals surface area contributed by atoms with E-state index in [1.165, 1.54) is 0 Å². The number of ketones is 1. The number of aromatic nitrogens is 1. The fraction of sp³-hybridized carbons (Fsp3) is 0.692. The topological polar surface area (TPSA) is 39.2 Å². The third-order valence-corrected chi connectivity index (χ3v) is 3.90. The Bertz CT molecular complexity index is 369. The number of carbonyl (C=O) groups is 1. The van der Waals surface area contributed by atoms with Crippen molar-refractivity contribution < 1.29 is 9.53 Å². The number of nitrogens with zero attached hydrogens (tertiary/aromatic N) is 1. The lowest BCUT2D eigenvalue weighted by Crippen LogP contribution is -2.41. The molecule has 1 aromatic heterocycles. The molecule has 0 N–H and O–H groups in total. The number of Topliss-reactive ketones (excluding diaryl/α,β-unsaturated/α-hetero) is 1. The van der Waals surface area contributed by atoms with E-state index < -0.39 is 5.60 Å². The summed E-state index contributed by atoms with van der Waals surface area (Å²) in [4.78, 5) is 16.7. The van der Waals surface area contributed by atoms with Crippen molar-refractivity contribution in [3.05, 3.63) is 16.1 Å². The highest BCUT2D eigenvalue weighted by atomic mass is 32.1. The lowest BCUT2D eigenvalue weighted by atomic mass is 9.89. The summed E-state index contributed by atoms with van der Waals surface area (Å²) in [5.41, 5.74) is 0.246. The second-order valence-corrected chi connectivity index (χ2v) is 5.15. The van der Waals surface area contributed by atoms with Crippen molar-refractivity contribution in [3.8, 4) is 0 Å². The molecule has 0 spiro atoms. The number of aryl methyl sites for hydroxylation is 1. The fourth-order valence-electron chi connectivity index (χ4n) is 2.02. The smallest absolute Gasteiger partial charge is 0.170 e. The van der Waals surface area contributed by atoms with E-state index in [9.17, 15) is 4.79 Å². The van der Waals surface area contributed by atoms with Gasteiger partial charge in [-0.2, -0.15) is 0 Å². The van der Waals surface area contributed by atoms with Crippen molar-refractivity contribution >= 4 is 17.1 Å². The molecule has 1 aromatic rings. The van der Waals surface area contributed by atoms with Crippen LogP contribution in [-0.4, -0.2) is 23.0 Å². The first-order valence-electron chi connectivity index (χ1n) is 6.16. The number of carbonyl (C=O) groups excluding carboxylic acids is 1. The minimum Gasteiger partial charge on any atom is -0.368 e.